The molecule has 7 nitrogen and oxygen atoms in total. The lowest BCUT2D eigenvalue weighted by atomic mass is 9.87. The third kappa shape index (κ3) is 4.28. The van der Waals surface area contributed by atoms with Gasteiger partial charge in [-0.05, 0) is 46.7 Å². The van der Waals surface area contributed by atoms with Crippen LogP contribution in [0.1, 0.15) is 71.0 Å². The van der Waals surface area contributed by atoms with Crippen LogP contribution in [0.5, 0.6) is 0 Å². The zero-order valence-corrected chi connectivity index (χ0v) is 18.5. The zero-order chi connectivity index (χ0) is 23.0. The van der Waals surface area contributed by atoms with Crippen LogP contribution in [0.4, 0.5) is 0 Å². The molecule has 1 unspecified atom stereocenters. The third-order valence-corrected chi connectivity index (χ3v) is 6.05. The van der Waals surface area contributed by atoms with Gasteiger partial charge < -0.3 is 10.2 Å². The molecule has 0 aromatic heterocycles. The minimum Gasteiger partial charge on any atom is -0.348 e. The Morgan fingerprint density at radius 2 is 1.81 bits per heavy atom. The monoisotopic (exact) mass is 433 g/mol. The van der Waals surface area contributed by atoms with Gasteiger partial charge in [0.15, 0.2) is 0 Å². The van der Waals surface area contributed by atoms with E-state index in [0.29, 0.717) is 30.6 Å². The smallest absolute Gasteiger partial charge is 0.255 e. The highest BCUT2D eigenvalue weighted by molar-refractivity contribution is 6.05. The van der Waals surface area contributed by atoms with E-state index in [2.05, 4.69) is 31.4 Å². The summed E-state index contributed by atoms with van der Waals surface area (Å²) >= 11 is 0. The summed E-state index contributed by atoms with van der Waals surface area (Å²) in [4.78, 5) is 50.4. The van der Waals surface area contributed by atoms with Crippen molar-refractivity contribution >= 4 is 23.6 Å². The lowest BCUT2D eigenvalue weighted by Gasteiger charge is -2.29. The molecule has 2 heterocycles. The Morgan fingerprint density at radius 1 is 1.09 bits per heavy atom. The molecule has 2 N–H and O–H groups in total. The number of hydrogen-bond donors (Lipinski definition) is 2. The number of piperidine rings is 1. The van der Waals surface area contributed by atoms with Crippen molar-refractivity contribution in [2.24, 2.45) is 0 Å². The topological polar surface area (TPSA) is 95.6 Å². The Kier molecular flexibility index (Phi) is 5.59. The minimum atomic E-state index is -0.633. The number of carbonyl (C=O) groups is 4. The molecular formula is C25H27N3O4. The Bertz CT molecular complexity index is 1100. The first-order chi connectivity index (χ1) is 15.1. The molecule has 1 atom stereocenters. The van der Waals surface area contributed by atoms with Crippen molar-refractivity contribution in [3.63, 3.8) is 0 Å². The van der Waals surface area contributed by atoms with E-state index in [-0.39, 0.29) is 29.6 Å². The molecule has 0 saturated carbocycles. The summed E-state index contributed by atoms with van der Waals surface area (Å²) in [6.45, 7) is 7.03. The van der Waals surface area contributed by atoms with E-state index in [1.165, 1.54) is 4.90 Å². The predicted molar refractivity (Wildman–Crippen MR) is 119 cm³/mol. The number of benzene rings is 2. The van der Waals surface area contributed by atoms with E-state index < -0.39 is 11.9 Å². The second-order valence-corrected chi connectivity index (χ2v) is 9.40. The van der Waals surface area contributed by atoms with E-state index in [1.54, 1.807) is 6.07 Å². The Morgan fingerprint density at radius 3 is 2.47 bits per heavy atom. The summed E-state index contributed by atoms with van der Waals surface area (Å²) in [6, 6.07) is 12.4. The number of carbonyl (C=O) groups excluding carboxylic acids is 4. The average Bonchev–Trinajstić information content (AvgIpc) is 3.07. The molecule has 1 fully saturated rings. The number of nitrogens with zero attached hydrogens (tertiary/aromatic N) is 1. The van der Waals surface area contributed by atoms with Crippen LogP contribution in [0.3, 0.4) is 0 Å². The fourth-order valence-electron chi connectivity index (χ4n) is 4.14. The third-order valence-electron chi connectivity index (χ3n) is 6.05. The van der Waals surface area contributed by atoms with Crippen molar-refractivity contribution in [3.05, 3.63) is 70.3 Å². The van der Waals surface area contributed by atoms with E-state index in [4.69, 9.17) is 0 Å². The lowest BCUT2D eigenvalue weighted by molar-refractivity contribution is -0.136. The van der Waals surface area contributed by atoms with E-state index in [9.17, 15) is 19.2 Å². The average molecular weight is 434 g/mol. The maximum absolute atomic E-state index is 12.8. The first-order valence-electron chi connectivity index (χ1n) is 10.8. The molecule has 0 radical (unpaired) electrons. The van der Waals surface area contributed by atoms with Gasteiger partial charge in [-0.15, -0.1) is 0 Å². The van der Waals surface area contributed by atoms with Crippen molar-refractivity contribution < 1.29 is 19.2 Å². The number of hydrogen-bond acceptors (Lipinski definition) is 4. The summed E-state index contributed by atoms with van der Waals surface area (Å²) in [5, 5.41) is 5.23. The van der Waals surface area contributed by atoms with E-state index >= 15 is 0 Å². The lowest BCUT2D eigenvalue weighted by Crippen LogP contribution is -2.52. The molecule has 1 saturated heterocycles. The van der Waals surface area contributed by atoms with Crippen LogP contribution in [-0.4, -0.2) is 34.6 Å². The zero-order valence-electron chi connectivity index (χ0n) is 18.5. The van der Waals surface area contributed by atoms with Gasteiger partial charge in [-0.25, -0.2) is 0 Å². The van der Waals surface area contributed by atoms with Gasteiger partial charge in [-0.1, -0.05) is 45.0 Å². The van der Waals surface area contributed by atoms with Crippen LogP contribution in [0.2, 0.25) is 0 Å². The van der Waals surface area contributed by atoms with Gasteiger partial charge in [0.1, 0.15) is 6.04 Å². The van der Waals surface area contributed by atoms with E-state index in [1.807, 2.05) is 36.4 Å². The van der Waals surface area contributed by atoms with Crippen LogP contribution < -0.4 is 10.6 Å². The van der Waals surface area contributed by atoms with Crippen LogP contribution in [-0.2, 0) is 28.1 Å². The van der Waals surface area contributed by atoms with Gasteiger partial charge in [0.25, 0.3) is 11.8 Å². The van der Waals surface area contributed by atoms with Crippen molar-refractivity contribution in [1.29, 1.82) is 0 Å². The number of imide groups is 1. The molecule has 2 aromatic rings. The van der Waals surface area contributed by atoms with Gasteiger partial charge in [0.2, 0.25) is 11.8 Å². The fraction of sp³-hybridized carbons (Fsp3) is 0.360. The number of rotatable bonds is 4. The molecule has 7 heteroatoms. The standard InChI is InChI=1S/C25H27N3O4/c1-25(2,3)18-7-5-16(6-8-18)22(30)26-13-15-4-9-19-17(12-15)14-28(24(19)32)20-10-11-21(29)27-23(20)31/h4-9,12,20H,10-11,13-14H2,1-3H3,(H,26,30)(H,27,29,31). The maximum atomic E-state index is 12.8. The molecule has 2 aliphatic heterocycles. The van der Waals surface area contributed by atoms with Crippen LogP contribution in [0.15, 0.2) is 42.5 Å². The summed E-state index contributed by atoms with van der Waals surface area (Å²) < 4.78 is 0. The predicted octanol–water partition coefficient (Wildman–Crippen LogP) is 2.68. The first kappa shape index (κ1) is 21.7. The molecule has 166 valence electrons. The van der Waals surface area contributed by atoms with Crippen LogP contribution in [0, 0.1) is 0 Å². The Labute approximate surface area is 187 Å². The quantitative estimate of drug-likeness (QED) is 0.725. The normalized spacial score (nSPS) is 18.4. The summed E-state index contributed by atoms with van der Waals surface area (Å²) in [5.41, 5.74) is 4.04. The fourth-order valence-corrected chi connectivity index (χ4v) is 4.14. The Balaban J connectivity index is 1.40. The summed E-state index contributed by atoms with van der Waals surface area (Å²) in [5.74, 6) is -1.09. The number of amides is 4. The van der Waals surface area contributed by atoms with E-state index in [0.717, 1.165) is 16.7 Å². The molecule has 32 heavy (non-hydrogen) atoms. The van der Waals surface area contributed by atoms with Gasteiger partial charge in [-0.2, -0.15) is 0 Å². The molecule has 4 amide bonds. The highest BCUT2D eigenvalue weighted by Gasteiger charge is 2.39. The van der Waals surface area contributed by atoms with Gasteiger partial charge >= 0.3 is 0 Å². The summed E-state index contributed by atoms with van der Waals surface area (Å²) in [6.07, 6.45) is 0.561. The van der Waals surface area contributed by atoms with Crippen molar-refractivity contribution in [3.8, 4) is 0 Å². The molecule has 4 rings (SSSR count). The second-order valence-electron chi connectivity index (χ2n) is 9.40. The first-order valence-corrected chi connectivity index (χ1v) is 10.8. The van der Waals surface area contributed by atoms with Crippen molar-refractivity contribution in [2.75, 3.05) is 0 Å². The summed E-state index contributed by atoms with van der Waals surface area (Å²) in [7, 11) is 0. The van der Waals surface area contributed by atoms with Crippen molar-refractivity contribution in [1.82, 2.24) is 15.5 Å². The highest BCUT2D eigenvalue weighted by atomic mass is 16.2. The molecule has 0 aliphatic carbocycles. The van der Waals surface area contributed by atoms with Gasteiger partial charge in [-0.3, -0.25) is 24.5 Å². The second kappa shape index (κ2) is 8.22. The largest absolute Gasteiger partial charge is 0.348 e. The van der Waals surface area contributed by atoms with Gasteiger partial charge in [0, 0.05) is 30.6 Å². The SMILES string of the molecule is CC(C)(C)c1ccc(C(=O)NCc2ccc3c(c2)CN(C2CCC(=O)NC2=O)C3=O)cc1. The highest BCUT2D eigenvalue weighted by Crippen LogP contribution is 2.28. The number of fused-ring (bicyclic) bond motifs is 1. The minimum absolute atomic E-state index is 0.0264. The number of nitrogens with one attached hydrogen (secondary N) is 2. The molecule has 0 spiro atoms. The molecule has 2 aromatic carbocycles. The maximum Gasteiger partial charge on any atom is 0.255 e. The Hall–Kier alpha value is -3.48. The van der Waals surface area contributed by atoms with Gasteiger partial charge in [0.05, 0.1) is 0 Å². The molecule has 0 bridgehead atoms. The molecular weight excluding hydrogens is 406 g/mol. The molecule has 2 aliphatic rings. The van der Waals surface area contributed by atoms with Crippen LogP contribution in [0.25, 0.3) is 0 Å². The van der Waals surface area contributed by atoms with Crippen molar-refractivity contribution in [2.45, 2.75) is 58.2 Å². The van der Waals surface area contributed by atoms with Crippen LogP contribution >= 0.6 is 0 Å².